The summed E-state index contributed by atoms with van der Waals surface area (Å²) in [4.78, 5) is 16.0. The summed E-state index contributed by atoms with van der Waals surface area (Å²) in [7, 11) is -3.27. The van der Waals surface area contributed by atoms with E-state index < -0.39 is 10.0 Å². The summed E-state index contributed by atoms with van der Waals surface area (Å²) in [5.41, 5.74) is 1.90. The van der Waals surface area contributed by atoms with E-state index in [4.69, 9.17) is 0 Å². The molecule has 1 aromatic carbocycles. The van der Waals surface area contributed by atoms with Crippen molar-refractivity contribution in [2.75, 3.05) is 11.1 Å². The fourth-order valence-electron chi connectivity index (χ4n) is 2.07. The first-order chi connectivity index (χ1) is 11.5. The molecule has 2 N–H and O–H groups in total. The van der Waals surface area contributed by atoms with Crippen molar-refractivity contribution in [3.8, 4) is 0 Å². The molecule has 0 saturated heterocycles. The zero-order valence-electron chi connectivity index (χ0n) is 13.5. The molecule has 2 aromatic rings. The lowest BCUT2D eigenvalue weighted by Gasteiger charge is -2.09. The number of nitrogens with zero attached hydrogens (tertiary/aromatic N) is 1. The van der Waals surface area contributed by atoms with E-state index in [0.717, 1.165) is 12.0 Å². The Hall–Kier alpha value is -2.25. The Labute approximate surface area is 142 Å². The van der Waals surface area contributed by atoms with E-state index >= 15 is 0 Å². The Kier molecular flexibility index (Phi) is 6.45. The van der Waals surface area contributed by atoms with Crippen LogP contribution >= 0.6 is 0 Å². The zero-order chi connectivity index (χ0) is 17.4. The van der Waals surface area contributed by atoms with Gasteiger partial charge in [0.05, 0.1) is 5.75 Å². The van der Waals surface area contributed by atoms with Gasteiger partial charge < -0.3 is 5.32 Å². The third-order valence-electron chi connectivity index (χ3n) is 3.39. The number of hydrogen-bond donors (Lipinski definition) is 2. The average molecular weight is 347 g/mol. The van der Waals surface area contributed by atoms with Gasteiger partial charge in [-0.25, -0.2) is 13.1 Å². The number of aromatic nitrogens is 1. The number of hydrogen-bond acceptors (Lipinski definition) is 4. The lowest BCUT2D eigenvalue weighted by atomic mass is 10.2. The summed E-state index contributed by atoms with van der Waals surface area (Å²) in [5.74, 6) is -0.111. The number of unbranched alkanes of at least 4 members (excludes halogenated alkanes) is 1. The van der Waals surface area contributed by atoms with E-state index in [9.17, 15) is 13.2 Å². The predicted octanol–water partition coefficient (Wildman–Crippen LogP) is 2.55. The molecule has 0 aliphatic rings. The molecule has 0 saturated carbocycles. The molecule has 0 spiro atoms. The molecule has 1 aromatic heterocycles. The van der Waals surface area contributed by atoms with Gasteiger partial charge in [-0.05, 0) is 36.2 Å². The van der Waals surface area contributed by atoms with E-state index in [1.165, 1.54) is 0 Å². The van der Waals surface area contributed by atoms with Crippen LogP contribution in [0.1, 0.15) is 35.7 Å². The largest absolute Gasteiger partial charge is 0.322 e. The van der Waals surface area contributed by atoms with Gasteiger partial charge in [0.2, 0.25) is 10.0 Å². The monoisotopic (exact) mass is 347 g/mol. The molecule has 128 valence electrons. The Morgan fingerprint density at radius 1 is 1.17 bits per heavy atom. The fraction of sp³-hybridized carbons (Fsp3) is 0.294. The van der Waals surface area contributed by atoms with Crippen molar-refractivity contribution in [2.24, 2.45) is 0 Å². The first-order valence-electron chi connectivity index (χ1n) is 7.78. The van der Waals surface area contributed by atoms with Crippen LogP contribution < -0.4 is 10.0 Å². The summed E-state index contributed by atoms with van der Waals surface area (Å²) < 4.78 is 26.2. The summed E-state index contributed by atoms with van der Waals surface area (Å²) >= 11 is 0. The average Bonchev–Trinajstić information content (AvgIpc) is 2.59. The second kappa shape index (κ2) is 8.56. The Balaban J connectivity index is 1.98. The SMILES string of the molecule is CCCCS(=O)(=O)NCc1cccc(NC(=O)c2ccncc2)c1. The van der Waals surface area contributed by atoms with Crippen LogP contribution in [0.4, 0.5) is 5.69 Å². The molecule has 0 atom stereocenters. The highest BCUT2D eigenvalue weighted by Gasteiger charge is 2.10. The van der Waals surface area contributed by atoms with Gasteiger partial charge in [-0.15, -0.1) is 0 Å². The molecule has 7 heteroatoms. The molecule has 24 heavy (non-hydrogen) atoms. The number of pyridine rings is 1. The first kappa shape index (κ1) is 18.1. The topological polar surface area (TPSA) is 88.2 Å². The number of nitrogens with one attached hydrogen (secondary N) is 2. The van der Waals surface area contributed by atoms with Crippen LogP contribution in [-0.2, 0) is 16.6 Å². The number of carbonyl (C=O) groups is 1. The van der Waals surface area contributed by atoms with Crippen molar-refractivity contribution in [2.45, 2.75) is 26.3 Å². The minimum absolute atomic E-state index is 0.127. The first-order valence-corrected chi connectivity index (χ1v) is 9.43. The van der Waals surface area contributed by atoms with Gasteiger partial charge in [-0.2, -0.15) is 0 Å². The number of sulfonamides is 1. The van der Waals surface area contributed by atoms with E-state index in [-0.39, 0.29) is 18.2 Å². The highest BCUT2D eigenvalue weighted by atomic mass is 32.2. The van der Waals surface area contributed by atoms with E-state index in [1.807, 2.05) is 13.0 Å². The number of anilines is 1. The van der Waals surface area contributed by atoms with Gasteiger partial charge >= 0.3 is 0 Å². The van der Waals surface area contributed by atoms with E-state index in [0.29, 0.717) is 17.7 Å². The highest BCUT2D eigenvalue weighted by molar-refractivity contribution is 7.89. The van der Waals surface area contributed by atoms with E-state index in [1.54, 1.807) is 42.7 Å². The summed E-state index contributed by atoms with van der Waals surface area (Å²) in [6, 6.07) is 10.3. The minimum atomic E-state index is -3.27. The molecular weight excluding hydrogens is 326 g/mol. The van der Waals surface area contributed by atoms with Gasteiger partial charge in [-0.3, -0.25) is 9.78 Å². The molecule has 0 unspecified atom stereocenters. The van der Waals surface area contributed by atoms with Crippen LogP contribution in [0.3, 0.4) is 0 Å². The molecule has 1 amide bonds. The molecule has 2 rings (SSSR count). The molecular formula is C17H21N3O3S. The Morgan fingerprint density at radius 3 is 2.62 bits per heavy atom. The molecule has 0 bridgehead atoms. The number of carbonyl (C=O) groups excluding carboxylic acids is 1. The Morgan fingerprint density at radius 2 is 1.92 bits per heavy atom. The maximum absolute atomic E-state index is 12.1. The van der Waals surface area contributed by atoms with E-state index in [2.05, 4.69) is 15.0 Å². The zero-order valence-corrected chi connectivity index (χ0v) is 14.3. The van der Waals surface area contributed by atoms with Crippen molar-refractivity contribution in [3.63, 3.8) is 0 Å². The third-order valence-corrected chi connectivity index (χ3v) is 4.80. The molecule has 0 aliphatic heterocycles. The molecule has 0 fully saturated rings. The quantitative estimate of drug-likeness (QED) is 0.768. The summed E-state index contributed by atoms with van der Waals surface area (Å²) in [6.07, 6.45) is 4.57. The third kappa shape index (κ3) is 5.75. The minimum Gasteiger partial charge on any atom is -0.322 e. The van der Waals surface area contributed by atoms with Crippen molar-refractivity contribution < 1.29 is 13.2 Å². The van der Waals surface area contributed by atoms with Gasteiger partial charge in [-0.1, -0.05) is 25.5 Å². The summed E-state index contributed by atoms with van der Waals surface area (Å²) in [6.45, 7) is 2.15. The molecule has 6 nitrogen and oxygen atoms in total. The van der Waals surface area contributed by atoms with Crippen molar-refractivity contribution in [3.05, 3.63) is 59.9 Å². The van der Waals surface area contributed by atoms with Crippen LogP contribution in [0.2, 0.25) is 0 Å². The lowest BCUT2D eigenvalue weighted by molar-refractivity contribution is 0.102. The smallest absolute Gasteiger partial charge is 0.255 e. The number of benzene rings is 1. The molecule has 1 heterocycles. The standard InChI is InChI=1S/C17H21N3O3S/c1-2-3-11-24(22,23)19-13-14-5-4-6-16(12-14)20-17(21)15-7-9-18-10-8-15/h4-10,12,19H,2-3,11,13H2,1H3,(H,20,21). The second-order valence-electron chi connectivity index (χ2n) is 5.38. The Bertz CT molecular complexity index is 777. The van der Waals surface area contributed by atoms with Crippen LogP contribution in [0.5, 0.6) is 0 Å². The normalized spacial score (nSPS) is 11.2. The van der Waals surface area contributed by atoms with Crippen LogP contribution in [0, 0.1) is 0 Å². The number of rotatable bonds is 8. The van der Waals surface area contributed by atoms with Gasteiger partial charge in [0.25, 0.3) is 5.91 Å². The lowest BCUT2D eigenvalue weighted by Crippen LogP contribution is -2.25. The maximum atomic E-state index is 12.1. The molecule has 0 aliphatic carbocycles. The van der Waals surface area contributed by atoms with Crippen LogP contribution in [-0.4, -0.2) is 25.1 Å². The van der Waals surface area contributed by atoms with Crippen molar-refractivity contribution in [1.29, 1.82) is 0 Å². The molecule has 0 radical (unpaired) electrons. The highest BCUT2D eigenvalue weighted by Crippen LogP contribution is 2.12. The van der Waals surface area contributed by atoms with Crippen LogP contribution in [0.15, 0.2) is 48.8 Å². The van der Waals surface area contributed by atoms with Gasteiger partial charge in [0.1, 0.15) is 0 Å². The van der Waals surface area contributed by atoms with Crippen LogP contribution in [0.25, 0.3) is 0 Å². The summed E-state index contributed by atoms with van der Waals surface area (Å²) in [5, 5.41) is 2.79. The van der Waals surface area contributed by atoms with Gasteiger partial charge in [0, 0.05) is 30.2 Å². The fourth-order valence-corrected chi connectivity index (χ4v) is 3.27. The van der Waals surface area contributed by atoms with Crippen molar-refractivity contribution in [1.82, 2.24) is 9.71 Å². The van der Waals surface area contributed by atoms with Gasteiger partial charge in [0.15, 0.2) is 0 Å². The number of amides is 1. The maximum Gasteiger partial charge on any atom is 0.255 e. The van der Waals surface area contributed by atoms with Crippen molar-refractivity contribution >= 4 is 21.6 Å². The predicted molar refractivity (Wildman–Crippen MR) is 94.2 cm³/mol. The second-order valence-corrected chi connectivity index (χ2v) is 7.31.